The predicted molar refractivity (Wildman–Crippen MR) is 131 cm³/mol. The summed E-state index contributed by atoms with van der Waals surface area (Å²) in [4.78, 5) is 29.4. The van der Waals surface area contributed by atoms with Crippen molar-refractivity contribution in [2.24, 2.45) is 5.92 Å². The number of fused-ring (bicyclic) bond motifs is 6. The Hall–Kier alpha value is -3.20. The van der Waals surface area contributed by atoms with Crippen LogP contribution in [0, 0.1) is 5.92 Å². The molecule has 0 N–H and O–H groups in total. The number of hydrogen-bond acceptors (Lipinski definition) is 2. The Kier molecular flexibility index (Phi) is 5.13. The van der Waals surface area contributed by atoms with Crippen LogP contribution in [0.4, 0.5) is 0 Å². The number of nitrogens with zero attached hydrogens (tertiary/aromatic N) is 1. The van der Waals surface area contributed by atoms with Crippen molar-refractivity contribution >= 4 is 11.7 Å². The molecule has 33 heavy (non-hydrogen) atoms. The molecule has 3 heteroatoms. The second kappa shape index (κ2) is 8.30. The second-order valence-electron chi connectivity index (χ2n) is 9.67. The van der Waals surface area contributed by atoms with Crippen molar-refractivity contribution < 1.29 is 9.59 Å². The van der Waals surface area contributed by atoms with E-state index in [9.17, 15) is 9.59 Å². The quantitative estimate of drug-likeness (QED) is 0.437. The zero-order valence-electron chi connectivity index (χ0n) is 19.0. The van der Waals surface area contributed by atoms with E-state index in [1.54, 1.807) is 4.90 Å². The number of Topliss-reactive ketones (excluding diaryl/α,β-unsaturated/α-hetero) is 1. The van der Waals surface area contributed by atoms with Gasteiger partial charge in [0.1, 0.15) is 0 Å². The van der Waals surface area contributed by atoms with Crippen LogP contribution in [0.2, 0.25) is 0 Å². The Morgan fingerprint density at radius 1 is 0.788 bits per heavy atom. The van der Waals surface area contributed by atoms with Gasteiger partial charge in [-0.3, -0.25) is 14.5 Å². The number of amides is 1. The highest BCUT2D eigenvalue weighted by molar-refractivity contribution is 6.18. The van der Waals surface area contributed by atoms with Crippen LogP contribution < -0.4 is 0 Å². The Balaban J connectivity index is 1.61. The molecular weight excluding hydrogens is 406 g/mol. The molecule has 1 unspecified atom stereocenters. The lowest BCUT2D eigenvalue weighted by molar-refractivity contribution is -0.122. The molecule has 2 heterocycles. The molecule has 1 atom stereocenters. The SMILES string of the molecule is O=C1CCC2C=CC3=C/C=C\C=C/C=C\3C2=C2C(=O)N3C=CC4=C(CCCCCCC4)C3=C12. The van der Waals surface area contributed by atoms with Gasteiger partial charge in [-0.1, -0.05) is 67.9 Å². The molecule has 2 aliphatic heterocycles. The first kappa shape index (κ1) is 20.4. The van der Waals surface area contributed by atoms with Gasteiger partial charge in [-0.05, 0) is 66.0 Å². The normalized spacial score (nSPS) is 31.9. The number of rotatable bonds is 0. The van der Waals surface area contributed by atoms with Crippen molar-refractivity contribution in [3.05, 3.63) is 106 Å². The summed E-state index contributed by atoms with van der Waals surface area (Å²) in [6.07, 6.45) is 30.0. The standard InChI is InChI=1S/C30H29NO2/c32-25-17-16-22-15-14-20-10-7-4-5-8-12-23(20)26(22)28-27(25)29-24-13-9-3-1-2-6-11-21(24)18-19-31(29)30(28)33/h4-5,7-8,10,12,14-15,18-19,22H,1-3,6,9,11,13,16-17H2/b5-4?,7-4-,8-5-,10-7?,12-8?,20-10-,23-12+. The molecule has 3 nitrogen and oxygen atoms in total. The van der Waals surface area contributed by atoms with Gasteiger partial charge in [-0.15, -0.1) is 0 Å². The summed E-state index contributed by atoms with van der Waals surface area (Å²) >= 11 is 0. The van der Waals surface area contributed by atoms with E-state index in [1.165, 1.54) is 36.8 Å². The van der Waals surface area contributed by atoms with Gasteiger partial charge in [0.05, 0.1) is 16.8 Å². The number of carbonyl (C=O) groups is 2. The second-order valence-corrected chi connectivity index (χ2v) is 9.67. The summed E-state index contributed by atoms with van der Waals surface area (Å²) in [5, 5.41) is 0. The Labute approximate surface area is 195 Å². The van der Waals surface area contributed by atoms with E-state index in [-0.39, 0.29) is 17.6 Å². The predicted octanol–water partition coefficient (Wildman–Crippen LogP) is 6.48. The van der Waals surface area contributed by atoms with Gasteiger partial charge in [-0.25, -0.2) is 0 Å². The molecule has 166 valence electrons. The van der Waals surface area contributed by atoms with Crippen molar-refractivity contribution in [2.75, 3.05) is 0 Å². The van der Waals surface area contributed by atoms with E-state index < -0.39 is 0 Å². The van der Waals surface area contributed by atoms with E-state index in [0.717, 1.165) is 48.1 Å². The van der Waals surface area contributed by atoms with Crippen LogP contribution in [0.3, 0.4) is 0 Å². The number of allylic oxidation sites excluding steroid dienone is 14. The maximum atomic E-state index is 13.9. The molecule has 4 aliphatic carbocycles. The summed E-state index contributed by atoms with van der Waals surface area (Å²) in [6.45, 7) is 0. The zero-order chi connectivity index (χ0) is 22.4. The molecule has 0 saturated heterocycles. The van der Waals surface area contributed by atoms with Gasteiger partial charge in [0.25, 0.3) is 5.91 Å². The number of carbonyl (C=O) groups excluding carboxylic acids is 2. The highest BCUT2D eigenvalue weighted by atomic mass is 16.2. The van der Waals surface area contributed by atoms with E-state index in [1.807, 2.05) is 30.5 Å². The number of hydrogen-bond donors (Lipinski definition) is 0. The largest absolute Gasteiger partial charge is 0.294 e. The minimum atomic E-state index is -0.0324. The van der Waals surface area contributed by atoms with Gasteiger partial charge in [-0.2, -0.15) is 0 Å². The van der Waals surface area contributed by atoms with Gasteiger partial charge >= 0.3 is 0 Å². The van der Waals surface area contributed by atoms with Crippen LogP contribution >= 0.6 is 0 Å². The Morgan fingerprint density at radius 3 is 2.45 bits per heavy atom. The minimum Gasteiger partial charge on any atom is -0.294 e. The topological polar surface area (TPSA) is 37.4 Å². The molecule has 0 aromatic carbocycles. The fourth-order valence-corrected chi connectivity index (χ4v) is 6.11. The molecule has 0 bridgehead atoms. The molecule has 0 aromatic heterocycles. The lowest BCUT2D eigenvalue weighted by Crippen LogP contribution is -2.25. The lowest BCUT2D eigenvalue weighted by Gasteiger charge is -2.27. The molecule has 6 rings (SSSR count). The first-order chi connectivity index (χ1) is 16.2. The molecule has 6 aliphatic rings. The van der Waals surface area contributed by atoms with Crippen LogP contribution in [-0.2, 0) is 9.59 Å². The van der Waals surface area contributed by atoms with Crippen LogP contribution in [0.5, 0.6) is 0 Å². The average Bonchev–Trinajstić information content (AvgIpc) is 3.08. The first-order valence-electron chi connectivity index (χ1n) is 12.4. The zero-order valence-corrected chi connectivity index (χ0v) is 19.0. The molecule has 0 radical (unpaired) electrons. The van der Waals surface area contributed by atoms with Crippen molar-refractivity contribution in [3.63, 3.8) is 0 Å². The Morgan fingerprint density at radius 2 is 1.58 bits per heavy atom. The van der Waals surface area contributed by atoms with E-state index in [0.29, 0.717) is 17.6 Å². The maximum Gasteiger partial charge on any atom is 0.263 e. The monoisotopic (exact) mass is 435 g/mol. The van der Waals surface area contributed by atoms with Crippen molar-refractivity contribution in [3.8, 4) is 0 Å². The average molecular weight is 436 g/mol. The smallest absolute Gasteiger partial charge is 0.263 e. The summed E-state index contributed by atoms with van der Waals surface area (Å²) in [5.74, 6) is 0.182. The van der Waals surface area contributed by atoms with Crippen LogP contribution in [0.1, 0.15) is 57.8 Å². The van der Waals surface area contributed by atoms with Crippen molar-refractivity contribution in [1.82, 2.24) is 4.90 Å². The minimum absolute atomic E-state index is 0.0324. The van der Waals surface area contributed by atoms with E-state index >= 15 is 0 Å². The fourth-order valence-electron chi connectivity index (χ4n) is 6.11. The first-order valence-corrected chi connectivity index (χ1v) is 12.4. The van der Waals surface area contributed by atoms with Crippen LogP contribution in [-0.4, -0.2) is 16.6 Å². The number of ketones is 1. The van der Waals surface area contributed by atoms with Gasteiger partial charge in [0.2, 0.25) is 0 Å². The molecule has 1 amide bonds. The summed E-state index contributed by atoms with van der Waals surface area (Å²) < 4.78 is 0. The van der Waals surface area contributed by atoms with Crippen LogP contribution in [0.15, 0.2) is 106 Å². The third-order valence-electron chi connectivity index (χ3n) is 7.71. The van der Waals surface area contributed by atoms with Crippen LogP contribution in [0.25, 0.3) is 0 Å². The summed E-state index contributed by atoms with van der Waals surface area (Å²) in [6, 6.07) is 0. The molecule has 0 fully saturated rings. The third-order valence-corrected chi connectivity index (χ3v) is 7.71. The summed E-state index contributed by atoms with van der Waals surface area (Å²) in [7, 11) is 0. The van der Waals surface area contributed by atoms with Gasteiger partial charge in [0.15, 0.2) is 5.78 Å². The molecule has 0 spiro atoms. The van der Waals surface area contributed by atoms with E-state index in [2.05, 4.69) is 30.4 Å². The molecule has 0 saturated carbocycles. The lowest BCUT2D eigenvalue weighted by atomic mass is 9.78. The molecule has 0 aromatic rings. The third kappa shape index (κ3) is 3.33. The van der Waals surface area contributed by atoms with Crippen molar-refractivity contribution in [2.45, 2.75) is 57.8 Å². The van der Waals surface area contributed by atoms with Gasteiger partial charge < -0.3 is 0 Å². The summed E-state index contributed by atoms with van der Waals surface area (Å²) in [5.41, 5.74) is 8.01. The maximum absolute atomic E-state index is 13.9. The fraction of sp³-hybridized carbons (Fsp3) is 0.333. The molecular formula is C30H29NO2. The van der Waals surface area contributed by atoms with E-state index in [4.69, 9.17) is 0 Å². The van der Waals surface area contributed by atoms with Crippen molar-refractivity contribution in [1.29, 1.82) is 0 Å². The Bertz CT molecular complexity index is 1220. The highest BCUT2D eigenvalue weighted by Gasteiger charge is 2.45. The highest BCUT2D eigenvalue weighted by Crippen LogP contribution is 2.49. The van der Waals surface area contributed by atoms with Gasteiger partial charge in [0, 0.05) is 18.5 Å².